The van der Waals surface area contributed by atoms with Crippen molar-refractivity contribution in [2.75, 3.05) is 7.11 Å². The second-order valence-electron chi connectivity index (χ2n) is 2.92. The number of alkyl halides is 1. The van der Waals surface area contributed by atoms with Crippen molar-refractivity contribution in [3.63, 3.8) is 0 Å². The van der Waals surface area contributed by atoms with Crippen molar-refractivity contribution in [3.05, 3.63) is 22.1 Å². The van der Waals surface area contributed by atoms with Gasteiger partial charge < -0.3 is 4.74 Å². The van der Waals surface area contributed by atoms with Gasteiger partial charge in [0.15, 0.2) is 0 Å². The van der Waals surface area contributed by atoms with E-state index in [-0.39, 0.29) is 16.7 Å². The number of hydrogen-bond acceptors (Lipinski definition) is 4. The van der Waals surface area contributed by atoms with Gasteiger partial charge in [0.2, 0.25) is 0 Å². The fraction of sp³-hybridized carbons (Fsp3) is 0.333. The van der Waals surface area contributed by atoms with E-state index in [0.717, 1.165) is 4.91 Å². The van der Waals surface area contributed by atoms with Crippen molar-refractivity contribution in [2.45, 2.75) is 4.83 Å². The Morgan fingerprint density at radius 3 is 3.14 bits per heavy atom. The number of rotatable bonds is 1. The molecule has 2 unspecified atom stereocenters. The van der Waals surface area contributed by atoms with Crippen LogP contribution in [0.15, 0.2) is 27.1 Å². The summed E-state index contributed by atoms with van der Waals surface area (Å²) < 4.78 is 4.66. The first-order valence-corrected chi connectivity index (χ1v) is 5.81. The van der Waals surface area contributed by atoms with Crippen LogP contribution in [0.3, 0.4) is 0 Å². The molecule has 14 heavy (non-hydrogen) atoms. The smallest absolute Gasteiger partial charge is 0.344 e. The number of hydrogen-bond donors (Lipinski definition) is 0. The van der Waals surface area contributed by atoms with Gasteiger partial charge in [-0.05, 0) is 0 Å². The molecule has 2 heterocycles. The molecular formula is C9H8BrNO2S. The molecule has 0 radical (unpaired) electrons. The molecule has 0 fully saturated rings. The van der Waals surface area contributed by atoms with E-state index in [1.54, 1.807) is 6.20 Å². The van der Waals surface area contributed by atoms with Gasteiger partial charge in [0, 0.05) is 23.2 Å². The first-order chi connectivity index (χ1) is 6.72. The Hall–Kier alpha value is -0.550. The third-order valence-electron chi connectivity index (χ3n) is 2.05. The summed E-state index contributed by atoms with van der Waals surface area (Å²) in [7, 11) is 1.39. The Kier molecular flexibility index (Phi) is 2.78. The minimum Gasteiger partial charge on any atom is -0.465 e. The van der Waals surface area contributed by atoms with Crippen LogP contribution in [-0.4, -0.2) is 24.1 Å². The highest BCUT2D eigenvalue weighted by Crippen LogP contribution is 2.44. The van der Waals surface area contributed by atoms with Crippen molar-refractivity contribution in [2.24, 2.45) is 10.9 Å². The van der Waals surface area contributed by atoms with Gasteiger partial charge in [0.1, 0.15) is 0 Å². The van der Waals surface area contributed by atoms with Gasteiger partial charge in [-0.25, -0.2) is 4.79 Å². The predicted molar refractivity (Wildman–Crippen MR) is 60.5 cm³/mol. The molecule has 3 nitrogen and oxygen atoms in total. The molecule has 5 heteroatoms. The maximum Gasteiger partial charge on any atom is 0.344 e. The predicted octanol–water partition coefficient (Wildman–Crippen LogP) is 2.10. The first kappa shape index (κ1) is 9.98. The van der Waals surface area contributed by atoms with Crippen molar-refractivity contribution < 1.29 is 9.53 Å². The van der Waals surface area contributed by atoms with Crippen LogP contribution in [0.25, 0.3) is 0 Å². The van der Waals surface area contributed by atoms with E-state index in [2.05, 4.69) is 25.7 Å². The third-order valence-corrected chi connectivity index (χ3v) is 3.99. The molecule has 0 aromatic heterocycles. The maximum absolute atomic E-state index is 11.3. The summed E-state index contributed by atoms with van der Waals surface area (Å²) >= 11 is 4.93. The Labute approximate surface area is 94.4 Å². The molecule has 0 N–H and O–H groups in total. The fourth-order valence-corrected chi connectivity index (χ4v) is 3.19. The van der Waals surface area contributed by atoms with Gasteiger partial charge in [-0.2, -0.15) is 0 Å². The van der Waals surface area contributed by atoms with Gasteiger partial charge >= 0.3 is 5.97 Å². The summed E-state index contributed by atoms with van der Waals surface area (Å²) in [6.45, 7) is 0. The van der Waals surface area contributed by atoms with Crippen LogP contribution < -0.4 is 0 Å². The van der Waals surface area contributed by atoms with E-state index in [1.165, 1.54) is 18.9 Å². The van der Waals surface area contributed by atoms with Crippen LogP contribution in [0.5, 0.6) is 0 Å². The number of allylic oxidation sites excluding steroid dienone is 2. The molecule has 74 valence electrons. The summed E-state index contributed by atoms with van der Waals surface area (Å²) in [5, 5.41) is 0. The summed E-state index contributed by atoms with van der Waals surface area (Å²) in [5.41, 5.74) is 0. The SMILES string of the molecule is COC(=O)C1=CC2C(=CN=CC2Br)S1. The second-order valence-corrected chi connectivity index (χ2v) is 5.10. The van der Waals surface area contributed by atoms with Crippen LogP contribution in [0.1, 0.15) is 0 Å². The third kappa shape index (κ3) is 1.66. The fourth-order valence-electron chi connectivity index (χ4n) is 1.34. The van der Waals surface area contributed by atoms with Crippen molar-refractivity contribution in [3.8, 4) is 0 Å². The average Bonchev–Trinajstić information content (AvgIpc) is 2.62. The molecule has 0 aliphatic carbocycles. The average molecular weight is 274 g/mol. The molecule has 0 aromatic carbocycles. The summed E-state index contributed by atoms with van der Waals surface area (Å²) in [6.07, 6.45) is 5.54. The van der Waals surface area contributed by atoms with Gasteiger partial charge in [-0.1, -0.05) is 33.8 Å². The molecule has 0 saturated heterocycles. The molecule has 0 bridgehead atoms. The second kappa shape index (κ2) is 3.90. The van der Waals surface area contributed by atoms with Crippen LogP contribution in [-0.2, 0) is 9.53 Å². The maximum atomic E-state index is 11.3. The highest BCUT2D eigenvalue weighted by atomic mass is 79.9. The topological polar surface area (TPSA) is 38.7 Å². The van der Waals surface area contributed by atoms with Crippen LogP contribution >= 0.6 is 27.7 Å². The van der Waals surface area contributed by atoms with E-state index >= 15 is 0 Å². The number of halogens is 1. The minimum atomic E-state index is -0.273. The summed E-state index contributed by atoms with van der Waals surface area (Å²) in [6, 6.07) is 0. The van der Waals surface area contributed by atoms with Crippen molar-refractivity contribution in [1.29, 1.82) is 0 Å². The minimum absolute atomic E-state index is 0.178. The molecule has 2 aliphatic rings. The monoisotopic (exact) mass is 273 g/mol. The molecule has 0 spiro atoms. The van der Waals surface area contributed by atoms with Gasteiger partial charge in [0.25, 0.3) is 0 Å². The van der Waals surface area contributed by atoms with E-state index in [1.807, 2.05) is 12.3 Å². The van der Waals surface area contributed by atoms with Crippen molar-refractivity contribution >= 4 is 39.9 Å². The molecule has 0 saturated carbocycles. The molecule has 0 aromatic rings. The molecule has 2 rings (SSSR count). The number of fused-ring (bicyclic) bond motifs is 1. The van der Waals surface area contributed by atoms with Crippen LogP contribution in [0.4, 0.5) is 0 Å². The lowest BCUT2D eigenvalue weighted by Gasteiger charge is -2.15. The molecule has 0 amide bonds. The molecule has 2 atom stereocenters. The zero-order valence-electron chi connectivity index (χ0n) is 7.44. The number of esters is 1. The summed E-state index contributed by atoms with van der Waals surface area (Å²) in [4.78, 5) is 17.3. The zero-order chi connectivity index (χ0) is 10.1. The van der Waals surface area contributed by atoms with E-state index in [9.17, 15) is 4.79 Å². The van der Waals surface area contributed by atoms with Crippen molar-refractivity contribution in [1.82, 2.24) is 0 Å². The lowest BCUT2D eigenvalue weighted by atomic mass is 10.0. The lowest BCUT2D eigenvalue weighted by Crippen LogP contribution is -2.15. The van der Waals surface area contributed by atoms with Crippen LogP contribution in [0, 0.1) is 5.92 Å². The lowest BCUT2D eigenvalue weighted by molar-refractivity contribution is -0.135. The van der Waals surface area contributed by atoms with E-state index < -0.39 is 0 Å². The highest BCUT2D eigenvalue weighted by Gasteiger charge is 2.32. The molecular weight excluding hydrogens is 266 g/mol. The molecule has 2 aliphatic heterocycles. The first-order valence-electron chi connectivity index (χ1n) is 4.08. The Bertz CT molecular complexity index is 362. The van der Waals surface area contributed by atoms with Crippen LogP contribution in [0.2, 0.25) is 0 Å². The number of methoxy groups -OCH3 is 1. The van der Waals surface area contributed by atoms with E-state index in [0.29, 0.717) is 4.91 Å². The number of carbonyl (C=O) groups excluding carboxylic acids is 1. The number of thioether (sulfide) groups is 1. The number of carbonyl (C=O) groups is 1. The van der Waals surface area contributed by atoms with Gasteiger partial charge in [-0.3, -0.25) is 4.99 Å². The normalized spacial score (nSPS) is 29.3. The Morgan fingerprint density at radius 1 is 1.71 bits per heavy atom. The zero-order valence-corrected chi connectivity index (χ0v) is 9.84. The largest absolute Gasteiger partial charge is 0.465 e. The number of nitrogens with zero attached hydrogens (tertiary/aromatic N) is 1. The van der Waals surface area contributed by atoms with E-state index in [4.69, 9.17) is 0 Å². The van der Waals surface area contributed by atoms with Gasteiger partial charge in [-0.15, -0.1) is 0 Å². The van der Waals surface area contributed by atoms with Gasteiger partial charge in [0.05, 0.1) is 16.8 Å². The standard InChI is InChI=1S/C9H8BrNO2S/c1-13-9(12)7-2-5-6(10)3-11-4-8(5)14-7/h2-6H,1H3. The quantitative estimate of drug-likeness (QED) is 0.543. The summed E-state index contributed by atoms with van der Waals surface area (Å²) in [5.74, 6) is -0.0448. The number of aliphatic imine (C=N–C) groups is 1. The Morgan fingerprint density at radius 2 is 2.50 bits per heavy atom. The number of ether oxygens (including phenoxy) is 1. The Balaban J connectivity index is 2.22. The highest BCUT2D eigenvalue weighted by molar-refractivity contribution is 9.10.